The van der Waals surface area contributed by atoms with Crippen molar-refractivity contribution >= 4 is 0 Å². The first-order valence-corrected chi connectivity index (χ1v) is 6.23. The predicted octanol–water partition coefficient (Wildman–Crippen LogP) is 4.34. The smallest absolute Gasteiger partial charge is 0.248 e. The molecular formula is C14H17F3O. The van der Waals surface area contributed by atoms with Crippen LogP contribution in [0.2, 0.25) is 0 Å². The van der Waals surface area contributed by atoms with Crippen molar-refractivity contribution in [2.45, 2.75) is 38.5 Å². The van der Waals surface area contributed by atoms with E-state index in [0.29, 0.717) is 12.2 Å². The minimum Gasteiger partial charge on any atom is -0.493 e. The molecule has 0 spiro atoms. The Morgan fingerprint density at radius 1 is 1.39 bits per heavy atom. The van der Waals surface area contributed by atoms with E-state index in [1.165, 1.54) is 12.1 Å². The van der Waals surface area contributed by atoms with Crippen molar-refractivity contribution in [3.8, 4) is 5.75 Å². The van der Waals surface area contributed by atoms with Gasteiger partial charge in [0.05, 0.1) is 6.61 Å². The minimum atomic E-state index is -2.57. The molecule has 1 aliphatic rings. The highest BCUT2D eigenvalue weighted by molar-refractivity contribution is 5.32. The lowest BCUT2D eigenvalue weighted by atomic mass is 9.87. The molecule has 1 saturated carbocycles. The zero-order valence-corrected chi connectivity index (χ0v) is 10.4. The summed E-state index contributed by atoms with van der Waals surface area (Å²) in [6, 6.07) is 4.29. The van der Waals surface area contributed by atoms with Crippen LogP contribution in [0.1, 0.15) is 31.2 Å². The first-order valence-electron chi connectivity index (χ1n) is 6.23. The number of halogens is 3. The van der Waals surface area contributed by atoms with Gasteiger partial charge in [0.2, 0.25) is 5.92 Å². The summed E-state index contributed by atoms with van der Waals surface area (Å²) >= 11 is 0. The summed E-state index contributed by atoms with van der Waals surface area (Å²) in [7, 11) is 0. The number of hydrogen-bond donors (Lipinski definition) is 0. The van der Waals surface area contributed by atoms with Crippen molar-refractivity contribution in [2.24, 2.45) is 5.92 Å². The maximum Gasteiger partial charge on any atom is 0.248 e. The summed E-state index contributed by atoms with van der Waals surface area (Å²) in [6.45, 7) is 2.05. The predicted molar refractivity (Wildman–Crippen MR) is 63.5 cm³/mol. The van der Waals surface area contributed by atoms with E-state index in [-0.39, 0.29) is 31.2 Å². The fraction of sp³-hybridized carbons (Fsp3) is 0.571. The highest BCUT2D eigenvalue weighted by atomic mass is 19.3. The minimum absolute atomic E-state index is 0.0253. The van der Waals surface area contributed by atoms with E-state index in [4.69, 9.17) is 4.74 Å². The lowest BCUT2D eigenvalue weighted by molar-refractivity contribution is -0.0585. The number of rotatable bonds is 3. The Bertz CT molecular complexity index is 418. The van der Waals surface area contributed by atoms with Crippen LogP contribution in [0, 0.1) is 18.7 Å². The van der Waals surface area contributed by atoms with E-state index in [0.717, 1.165) is 12.0 Å². The standard InChI is InChI=1S/C14H17F3O/c1-10-4-5-12(15)7-13(10)18-9-11-3-2-6-14(16,17)8-11/h4-5,7,11H,2-3,6,8-9H2,1H3. The number of ether oxygens (including phenoxy) is 1. The van der Waals surface area contributed by atoms with Crippen LogP contribution < -0.4 is 4.74 Å². The molecule has 1 aliphatic carbocycles. The Morgan fingerprint density at radius 3 is 2.89 bits per heavy atom. The van der Waals surface area contributed by atoms with Gasteiger partial charge < -0.3 is 4.74 Å². The molecule has 1 unspecified atom stereocenters. The van der Waals surface area contributed by atoms with E-state index in [1.54, 1.807) is 6.07 Å². The van der Waals surface area contributed by atoms with Gasteiger partial charge in [-0.05, 0) is 37.3 Å². The monoisotopic (exact) mass is 258 g/mol. The molecule has 1 aromatic rings. The average Bonchev–Trinajstić information content (AvgIpc) is 2.29. The van der Waals surface area contributed by atoms with Crippen LogP contribution in [0.5, 0.6) is 5.75 Å². The van der Waals surface area contributed by atoms with Crippen molar-refractivity contribution in [1.29, 1.82) is 0 Å². The molecular weight excluding hydrogens is 241 g/mol. The number of aryl methyl sites for hydroxylation is 1. The van der Waals surface area contributed by atoms with Gasteiger partial charge in [-0.3, -0.25) is 0 Å². The lowest BCUT2D eigenvalue weighted by Crippen LogP contribution is -2.29. The molecule has 1 atom stereocenters. The van der Waals surface area contributed by atoms with Crippen molar-refractivity contribution in [3.05, 3.63) is 29.6 Å². The Labute approximate surface area is 105 Å². The van der Waals surface area contributed by atoms with Gasteiger partial charge in [-0.15, -0.1) is 0 Å². The summed E-state index contributed by atoms with van der Waals surface area (Å²) in [5.74, 6) is -2.63. The van der Waals surface area contributed by atoms with E-state index < -0.39 is 5.92 Å². The summed E-state index contributed by atoms with van der Waals surface area (Å²) in [5.41, 5.74) is 0.818. The zero-order valence-electron chi connectivity index (χ0n) is 10.4. The molecule has 0 bridgehead atoms. The Morgan fingerprint density at radius 2 is 2.17 bits per heavy atom. The molecule has 0 aromatic heterocycles. The van der Waals surface area contributed by atoms with E-state index in [9.17, 15) is 13.2 Å². The maximum atomic E-state index is 13.2. The quantitative estimate of drug-likeness (QED) is 0.783. The van der Waals surface area contributed by atoms with Crippen LogP contribution >= 0.6 is 0 Å². The average molecular weight is 258 g/mol. The van der Waals surface area contributed by atoms with Gasteiger partial charge in [0.15, 0.2) is 0 Å². The Hall–Kier alpha value is -1.19. The number of alkyl halides is 2. The SMILES string of the molecule is Cc1ccc(F)cc1OCC1CCCC(F)(F)C1. The first kappa shape index (κ1) is 13.2. The molecule has 0 aliphatic heterocycles. The van der Waals surface area contributed by atoms with Gasteiger partial charge in [0.25, 0.3) is 0 Å². The second-order valence-electron chi connectivity index (χ2n) is 5.04. The van der Waals surface area contributed by atoms with Gasteiger partial charge in [-0.1, -0.05) is 6.07 Å². The molecule has 0 radical (unpaired) electrons. The molecule has 0 N–H and O–H groups in total. The second-order valence-corrected chi connectivity index (χ2v) is 5.04. The van der Waals surface area contributed by atoms with Gasteiger partial charge in [0, 0.05) is 18.9 Å². The fourth-order valence-corrected chi connectivity index (χ4v) is 2.36. The van der Waals surface area contributed by atoms with Gasteiger partial charge in [-0.25, -0.2) is 13.2 Å². The molecule has 0 amide bonds. The van der Waals surface area contributed by atoms with Gasteiger partial charge in [-0.2, -0.15) is 0 Å². The first-order chi connectivity index (χ1) is 8.46. The molecule has 1 aromatic carbocycles. The van der Waals surface area contributed by atoms with Gasteiger partial charge >= 0.3 is 0 Å². The van der Waals surface area contributed by atoms with Crippen molar-refractivity contribution in [2.75, 3.05) is 6.61 Å². The largest absolute Gasteiger partial charge is 0.493 e. The van der Waals surface area contributed by atoms with E-state index in [1.807, 2.05) is 6.92 Å². The lowest BCUT2D eigenvalue weighted by Gasteiger charge is -2.28. The van der Waals surface area contributed by atoms with Crippen LogP contribution in [0.25, 0.3) is 0 Å². The number of benzene rings is 1. The van der Waals surface area contributed by atoms with Crippen molar-refractivity contribution in [3.63, 3.8) is 0 Å². The van der Waals surface area contributed by atoms with Crippen LogP contribution in [-0.2, 0) is 0 Å². The molecule has 0 heterocycles. The van der Waals surface area contributed by atoms with Crippen LogP contribution in [0.3, 0.4) is 0 Å². The van der Waals surface area contributed by atoms with E-state index >= 15 is 0 Å². The maximum absolute atomic E-state index is 13.2. The highest BCUT2D eigenvalue weighted by Crippen LogP contribution is 2.36. The summed E-state index contributed by atoms with van der Waals surface area (Å²) < 4.78 is 44.9. The normalized spacial score (nSPS) is 22.8. The molecule has 100 valence electrons. The second kappa shape index (κ2) is 5.21. The third-order valence-corrected chi connectivity index (χ3v) is 3.37. The zero-order chi connectivity index (χ0) is 13.2. The van der Waals surface area contributed by atoms with Crippen LogP contribution in [-0.4, -0.2) is 12.5 Å². The third-order valence-electron chi connectivity index (χ3n) is 3.37. The van der Waals surface area contributed by atoms with E-state index in [2.05, 4.69) is 0 Å². The molecule has 1 fully saturated rings. The van der Waals surface area contributed by atoms with Crippen LogP contribution in [0.4, 0.5) is 13.2 Å². The molecule has 18 heavy (non-hydrogen) atoms. The topological polar surface area (TPSA) is 9.23 Å². The highest BCUT2D eigenvalue weighted by Gasteiger charge is 2.36. The summed E-state index contributed by atoms with van der Waals surface area (Å²) in [5, 5.41) is 0. The van der Waals surface area contributed by atoms with Gasteiger partial charge in [0.1, 0.15) is 11.6 Å². The summed E-state index contributed by atoms with van der Waals surface area (Å²) in [6.07, 6.45) is 1.14. The fourth-order valence-electron chi connectivity index (χ4n) is 2.36. The Balaban J connectivity index is 1.93. The third kappa shape index (κ3) is 3.40. The number of hydrogen-bond acceptors (Lipinski definition) is 1. The molecule has 4 heteroatoms. The van der Waals surface area contributed by atoms with Crippen molar-refractivity contribution < 1.29 is 17.9 Å². The van der Waals surface area contributed by atoms with Crippen LogP contribution in [0.15, 0.2) is 18.2 Å². The summed E-state index contributed by atoms with van der Waals surface area (Å²) in [4.78, 5) is 0. The molecule has 0 saturated heterocycles. The molecule has 2 rings (SSSR count). The van der Waals surface area contributed by atoms with Crippen molar-refractivity contribution in [1.82, 2.24) is 0 Å². The Kier molecular flexibility index (Phi) is 3.83. The molecule has 1 nitrogen and oxygen atoms in total.